The molecule has 0 unspecified atom stereocenters. The molecule has 2 N–H and O–H groups in total. The van der Waals surface area contributed by atoms with Crippen LogP contribution in [0.4, 0.5) is 5.69 Å². The lowest BCUT2D eigenvalue weighted by Gasteiger charge is -2.21. The Balaban J connectivity index is 1.85. The van der Waals surface area contributed by atoms with Gasteiger partial charge in [0.1, 0.15) is 0 Å². The van der Waals surface area contributed by atoms with E-state index in [9.17, 15) is 22.8 Å². The minimum absolute atomic E-state index is 0.0110. The van der Waals surface area contributed by atoms with Gasteiger partial charge in [-0.1, -0.05) is 25.1 Å². The lowest BCUT2D eigenvalue weighted by molar-refractivity contribution is -0.116. The van der Waals surface area contributed by atoms with Crippen LogP contribution < -0.4 is 10.6 Å². The molecule has 8 nitrogen and oxygen atoms in total. The molecular weight excluding hydrogens is 394 g/mol. The second kappa shape index (κ2) is 8.14. The zero-order valence-electron chi connectivity index (χ0n) is 16.1. The molecule has 2 aromatic carbocycles. The Morgan fingerprint density at radius 3 is 2.45 bits per heavy atom. The van der Waals surface area contributed by atoms with E-state index in [1.807, 2.05) is 19.1 Å². The predicted octanol–water partition coefficient (Wildman–Crippen LogP) is 1.92. The van der Waals surface area contributed by atoms with E-state index in [1.165, 1.54) is 18.2 Å². The van der Waals surface area contributed by atoms with Gasteiger partial charge < -0.3 is 5.32 Å². The van der Waals surface area contributed by atoms with Gasteiger partial charge in [-0.25, -0.2) is 8.42 Å². The van der Waals surface area contributed by atoms with Crippen LogP contribution in [0, 0.1) is 6.92 Å². The van der Waals surface area contributed by atoms with Crippen molar-refractivity contribution < 1.29 is 22.8 Å². The number of carbonyl (C=O) groups excluding carboxylic acids is 3. The van der Waals surface area contributed by atoms with E-state index in [-0.39, 0.29) is 29.1 Å². The minimum atomic E-state index is -4.04. The van der Waals surface area contributed by atoms with Crippen molar-refractivity contribution in [2.24, 2.45) is 0 Å². The number of nitrogens with one attached hydrogen (secondary N) is 2. The number of carbonyl (C=O) groups is 3. The van der Waals surface area contributed by atoms with Crippen LogP contribution in [-0.4, -0.2) is 43.5 Å². The van der Waals surface area contributed by atoms with Gasteiger partial charge in [0, 0.05) is 12.2 Å². The fourth-order valence-electron chi connectivity index (χ4n) is 3.05. The molecular formula is C20H21N3O5S. The van der Waals surface area contributed by atoms with Crippen LogP contribution in [0.3, 0.4) is 0 Å². The fraction of sp³-hybridized carbons (Fsp3) is 0.250. The maximum Gasteiger partial charge on any atom is 0.258 e. The molecule has 3 amide bonds. The first kappa shape index (κ1) is 20.7. The molecule has 29 heavy (non-hydrogen) atoms. The van der Waals surface area contributed by atoms with Crippen LogP contribution >= 0.6 is 0 Å². The van der Waals surface area contributed by atoms with Crippen molar-refractivity contribution in [3.63, 3.8) is 0 Å². The number of nitrogens with zero attached hydrogens (tertiary/aromatic N) is 1. The first-order valence-corrected chi connectivity index (χ1v) is 10.5. The lowest BCUT2D eigenvalue weighted by atomic mass is 10.1. The van der Waals surface area contributed by atoms with E-state index in [0.29, 0.717) is 12.1 Å². The van der Waals surface area contributed by atoms with E-state index >= 15 is 0 Å². The average Bonchev–Trinajstić information content (AvgIpc) is 2.97. The molecule has 2 aromatic rings. The van der Waals surface area contributed by atoms with E-state index in [4.69, 9.17) is 0 Å². The summed E-state index contributed by atoms with van der Waals surface area (Å²) in [6, 6.07) is 10.9. The van der Waals surface area contributed by atoms with Gasteiger partial charge in [0.15, 0.2) is 0 Å². The lowest BCUT2D eigenvalue weighted by Crippen LogP contribution is -2.38. The van der Waals surface area contributed by atoms with E-state index in [1.54, 1.807) is 19.1 Å². The fourth-order valence-corrected chi connectivity index (χ4v) is 4.57. The highest BCUT2D eigenvalue weighted by Gasteiger charge is 2.31. The average molecular weight is 415 g/mol. The molecule has 9 heteroatoms. The number of para-hydroxylation sites is 1. The summed E-state index contributed by atoms with van der Waals surface area (Å²) in [6.45, 7) is 3.40. The molecule has 0 aromatic heterocycles. The molecule has 0 bridgehead atoms. The first-order valence-electron chi connectivity index (χ1n) is 9.09. The van der Waals surface area contributed by atoms with Crippen molar-refractivity contribution >= 4 is 33.4 Å². The number of fused-ring (bicyclic) bond motifs is 1. The molecule has 0 saturated carbocycles. The topological polar surface area (TPSA) is 113 Å². The summed E-state index contributed by atoms with van der Waals surface area (Å²) in [5.74, 6) is -1.66. The van der Waals surface area contributed by atoms with Crippen LogP contribution in [0.5, 0.6) is 0 Å². The van der Waals surface area contributed by atoms with Crippen molar-refractivity contribution in [1.82, 2.24) is 9.62 Å². The molecule has 1 aliphatic heterocycles. The van der Waals surface area contributed by atoms with Gasteiger partial charge in [-0.2, -0.15) is 4.31 Å². The Labute approximate surface area is 169 Å². The number of sulfonamides is 1. The third-order valence-electron chi connectivity index (χ3n) is 4.56. The zero-order valence-corrected chi connectivity index (χ0v) is 16.9. The van der Waals surface area contributed by atoms with E-state index in [0.717, 1.165) is 9.87 Å². The third kappa shape index (κ3) is 4.20. The summed E-state index contributed by atoms with van der Waals surface area (Å²) >= 11 is 0. The Morgan fingerprint density at radius 1 is 1.07 bits per heavy atom. The van der Waals surface area contributed by atoms with Gasteiger partial charge in [0.2, 0.25) is 15.9 Å². The van der Waals surface area contributed by atoms with Crippen molar-refractivity contribution in [2.45, 2.75) is 25.2 Å². The van der Waals surface area contributed by atoms with Gasteiger partial charge in [-0.15, -0.1) is 0 Å². The number of benzene rings is 2. The Kier molecular flexibility index (Phi) is 5.81. The molecule has 0 saturated heterocycles. The largest absolute Gasteiger partial charge is 0.325 e. The van der Waals surface area contributed by atoms with Crippen LogP contribution in [0.15, 0.2) is 47.4 Å². The van der Waals surface area contributed by atoms with Crippen molar-refractivity contribution in [2.75, 3.05) is 18.4 Å². The number of hydrogen-bond acceptors (Lipinski definition) is 5. The maximum absolute atomic E-state index is 13.1. The van der Waals surface area contributed by atoms with Gasteiger partial charge >= 0.3 is 0 Å². The standard InChI is InChI=1S/C20H21N3O5S/c1-3-10-23(12-18(24)21-17-7-5-4-6-13(17)2)29(27,28)14-8-9-15-16(11-14)20(26)22-19(15)25/h4-9,11H,3,10,12H2,1-2H3,(H,21,24)(H,22,25,26). The molecule has 1 heterocycles. The SMILES string of the molecule is CCCN(CC(=O)Nc1ccccc1C)S(=O)(=O)c1ccc2c(c1)C(=O)NC2=O. The highest BCUT2D eigenvalue weighted by molar-refractivity contribution is 7.89. The zero-order chi connectivity index (χ0) is 21.2. The van der Waals surface area contributed by atoms with Crippen LogP contribution in [0.2, 0.25) is 0 Å². The van der Waals surface area contributed by atoms with E-state index in [2.05, 4.69) is 10.6 Å². The highest BCUT2D eigenvalue weighted by atomic mass is 32.2. The molecule has 0 aliphatic carbocycles. The molecule has 1 aliphatic rings. The number of anilines is 1. The van der Waals surface area contributed by atoms with Crippen molar-refractivity contribution in [3.8, 4) is 0 Å². The number of rotatable bonds is 7. The van der Waals surface area contributed by atoms with Crippen LogP contribution in [0.1, 0.15) is 39.6 Å². The van der Waals surface area contributed by atoms with Crippen molar-refractivity contribution in [3.05, 3.63) is 59.2 Å². The number of aryl methyl sites for hydroxylation is 1. The summed E-state index contributed by atoms with van der Waals surface area (Å²) < 4.78 is 27.3. The quantitative estimate of drug-likeness (QED) is 0.671. The Hall–Kier alpha value is -3.04. The summed E-state index contributed by atoms with van der Waals surface area (Å²) in [5.41, 5.74) is 1.62. The summed E-state index contributed by atoms with van der Waals surface area (Å²) in [5, 5.41) is 4.85. The molecule has 0 atom stereocenters. The molecule has 0 fully saturated rings. The van der Waals surface area contributed by atoms with E-state index < -0.39 is 27.7 Å². The van der Waals surface area contributed by atoms with Crippen LogP contribution in [0.25, 0.3) is 0 Å². The van der Waals surface area contributed by atoms with Gasteiger partial charge in [-0.3, -0.25) is 19.7 Å². The third-order valence-corrected chi connectivity index (χ3v) is 6.40. The summed E-state index contributed by atoms with van der Waals surface area (Å²) in [6.07, 6.45) is 0.501. The molecule has 0 radical (unpaired) electrons. The molecule has 3 rings (SSSR count). The Bertz CT molecular complexity index is 1100. The molecule has 152 valence electrons. The highest BCUT2D eigenvalue weighted by Crippen LogP contribution is 2.23. The smallest absolute Gasteiger partial charge is 0.258 e. The molecule has 0 spiro atoms. The normalized spacial score (nSPS) is 13.3. The minimum Gasteiger partial charge on any atom is -0.325 e. The van der Waals surface area contributed by atoms with Gasteiger partial charge in [0.25, 0.3) is 11.8 Å². The second-order valence-electron chi connectivity index (χ2n) is 6.69. The van der Waals surface area contributed by atoms with Gasteiger partial charge in [-0.05, 0) is 43.2 Å². The number of hydrogen-bond donors (Lipinski definition) is 2. The first-order chi connectivity index (χ1) is 13.7. The monoisotopic (exact) mass is 415 g/mol. The number of imide groups is 1. The van der Waals surface area contributed by atoms with Crippen LogP contribution in [-0.2, 0) is 14.8 Å². The predicted molar refractivity (Wildman–Crippen MR) is 107 cm³/mol. The number of amides is 3. The maximum atomic E-state index is 13.1. The second-order valence-corrected chi connectivity index (χ2v) is 8.63. The van der Waals surface area contributed by atoms with Gasteiger partial charge in [0.05, 0.1) is 22.6 Å². The Morgan fingerprint density at radius 2 is 1.76 bits per heavy atom. The summed E-state index contributed by atoms with van der Waals surface area (Å²) in [4.78, 5) is 35.9. The van der Waals surface area contributed by atoms with Crippen molar-refractivity contribution in [1.29, 1.82) is 0 Å². The summed E-state index contributed by atoms with van der Waals surface area (Å²) in [7, 11) is -4.04.